The maximum Gasteiger partial charge on any atom is 0.238 e. The van der Waals surface area contributed by atoms with Crippen LogP contribution in [-0.2, 0) is 21.2 Å². The maximum absolute atomic E-state index is 13.1. The van der Waals surface area contributed by atoms with Crippen molar-refractivity contribution >= 4 is 38.9 Å². The highest BCUT2D eigenvalue weighted by Gasteiger charge is 2.26. The lowest BCUT2D eigenvalue weighted by molar-refractivity contribution is -0.130. The van der Waals surface area contributed by atoms with Crippen molar-refractivity contribution in [2.75, 3.05) is 31.9 Å². The first kappa shape index (κ1) is 21.0. The topological polar surface area (TPSA) is 57.7 Å². The highest BCUT2D eigenvalue weighted by molar-refractivity contribution is 7.92. The molecule has 0 aliphatic carbocycles. The van der Waals surface area contributed by atoms with Crippen molar-refractivity contribution in [2.45, 2.75) is 11.4 Å². The van der Waals surface area contributed by atoms with Crippen LogP contribution in [0.1, 0.15) is 5.56 Å². The van der Waals surface area contributed by atoms with Crippen LogP contribution in [0.4, 0.5) is 4.39 Å². The standard InChI is InChI=1S/C19H19Cl2FN2O3S/c20-15-2-5-17(6-3-15)28(26,27)13-19(25)24-9-7-23(8-10-24)12-14-1-4-16(22)11-18(14)21/h1-6,11H,7-10,12-13H2. The van der Waals surface area contributed by atoms with E-state index in [4.69, 9.17) is 23.2 Å². The molecule has 0 radical (unpaired) electrons. The molecule has 1 heterocycles. The van der Waals surface area contributed by atoms with Crippen LogP contribution in [0.5, 0.6) is 0 Å². The molecule has 2 aromatic rings. The first-order valence-electron chi connectivity index (χ1n) is 8.67. The van der Waals surface area contributed by atoms with Gasteiger partial charge in [-0.05, 0) is 42.0 Å². The van der Waals surface area contributed by atoms with Gasteiger partial charge < -0.3 is 4.90 Å². The summed E-state index contributed by atoms with van der Waals surface area (Å²) in [7, 11) is -3.71. The van der Waals surface area contributed by atoms with Crippen molar-refractivity contribution in [2.24, 2.45) is 0 Å². The summed E-state index contributed by atoms with van der Waals surface area (Å²) >= 11 is 11.8. The van der Waals surface area contributed by atoms with Gasteiger partial charge in [-0.15, -0.1) is 0 Å². The first-order valence-corrected chi connectivity index (χ1v) is 11.1. The van der Waals surface area contributed by atoms with E-state index in [9.17, 15) is 17.6 Å². The first-order chi connectivity index (χ1) is 13.2. The molecule has 0 spiro atoms. The van der Waals surface area contributed by atoms with Crippen molar-refractivity contribution in [3.63, 3.8) is 0 Å². The summed E-state index contributed by atoms with van der Waals surface area (Å²) in [6.07, 6.45) is 0. The second-order valence-corrected chi connectivity index (χ2v) is 9.44. The Morgan fingerprint density at radius 2 is 1.64 bits per heavy atom. The van der Waals surface area contributed by atoms with Gasteiger partial charge in [0.15, 0.2) is 9.84 Å². The lowest BCUT2D eigenvalue weighted by Gasteiger charge is -2.34. The number of hydrogen-bond donors (Lipinski definition) is 0. The Morgan fingerprint density at radius 3 is 2.25 bits per heavy atom. The number of rotatable bonds is 5. The van der Waals surface area contributed by atoms with Gasteiger partial charge in [0.05, 0.1) is 4.90 Å². The van der Waals surface area contributed by atoms with Crippen LogP contribution in [0.25, 0.3) is 0 Å². The number of hydrogen-bond acceptors (Lipinski definition) is 4. The van der Waals surface area contributed by atoms with Crippen LogP contribution >= 0.6 is 23.2 Å². The molecule has 0 saturated carbocycles. The minimum atomic E-state index is -3.71. The Bertz CT molecular complexity index is 960. The van der Waals surface area contributed by atoms with Crippen molar-refractivity contribution < 1.29 is 17.6 Å². The van der Waals surface area contributed by atoms with Gasteiger partial charge >= 0.3 is 0 Å². The molecular formula is C19H19Cl2FN2O3S. The van der Waals surface area contributed by atoms with Crippen molar-refractivity contribution in [3.8, 4) is 0 Å². The molecular weight excluding hydrogens is 426 g/mol. The summed E-state index contributed by atoms with van der Waals surface area (Å²) < 4.78 is 38.0. The van der Waals surface area contributed by atoms with E-state index in [2.05, 4.69) is 4.90 Å². The SMILES string of the molecule is O=C(CS(=O)(=O)c1ccc(Cl)cc1)N1CCN(Cc2ccc(F)cc2Cl)CC1. The molecule has 1 saturated heterocycles. The number of piperazine rings is 1. The third-order valence-corrected chi connectivity index (χ3v) is 6.84. The van der Waals surface area contributed by atoms with E-state index in [0.717, 1.165) is 5.56 Å². The predicted molar refractivity (Wildman–Crippen MR) is 107 cm³/mol. The molecule has 150 valence electrons. The summed E-state index contributed by atoms with van der Waals surface area (Å²) in [4.78, 5) is 16.2. The lowest BCUT2D eigenvalue weighted by atomic mass is 10.2. The summed E-state index contributed by atoms with van der Waals surface area (Å²) in [5.41, 5.74) is 0.813. The molecule has 2 aromatic carbocycles. The summed E-state index contributed by atoms with van der Waals surface area (Å²) in [5, 5.41) is 0.801. The number of carbonyl (C=O) groups is 1. The largest absolute Gasteiger partial charge is 0.339 e. The number of amides is 1. The highest BCUT2D eigenvalue weighted by atomic mass is 35.5. The van der Waals surface area contributed by atoms with Crippen LogP contribution in [0.3, 0.4) is 0 Å². The molecule has 9 heteroatoms. The molecule has 1 aliphatic heterocycles. The van der Waals surface area contributed by atoms with E-state index < -0.39 is 21.5 Å². The minimum Gasteiger partial charge on any atom is -0.339 e. The van der Waals surface area contributed by atoms with Crippen molar-refractivity contribution in [1.29, 1.82) is 0 Å². The average Bonchev–Trinajstić information content (AvgIpc) is 2.64. The molecule has 3 rings (SSSR count). The number of carbonyl (C=O) groups excluding carboxylic acids is 1. The van der Waals surface area contributed by atoms with Crippen molar-refractivity contribution in [1.82, 2.24) is 9.80 Å². The van der Waals surface area contributed by atoms with Gasteiger partial charge in [0, 0.05) is 42.8 Å². The predicted octanol–water partition coefficient (Wildman–Crippen LogP) is 3.25. The highest BCUT2D eigenvalue weighted by Crippen LogP contribution is 2.20. The summed E-state index contributed by atoms with van der Waals surface area (Å²) in [5.74, 6) is -1.38. The molecule has 0 bridgehead atoms. The van der Waals surface area contributed by atoms with Crippen LogP contribution in [0, 0.1) is 5.82 Å². The molecule has 1 amide bonds. The van der Waals surface area contributed by atoms with E-state index in [0.29, 0.717) is 42.8 Å². The zero-order valence-corrected chi connectivity index (χ0v) is 17.3. The fraction of sp³-hybridized carbons (Fsp3) is 0.316. The summed E-state index contributed by atoms with van der Waals surface area (Å²) in [6.45, 7) is 2.56. The fourth-order valence-corrected chi connectivity index (χ4v) is 4.60. The van der Waals surface area contributed by atoms with E-state index >= 15 is 0 Å². The number of halogens is 3. The number of sulfone groups is 1. The van der Waals surface area contributed by atoms with Crippen LogP contribution in [-0.4, -0.2) is 56.1 Å². The monoisotopic (exact) mass is 444 g/mol. The minimum absolute atomic E-state index is 0.0786. The number of nitrogens with zero attached hydrogens (tertiary/aromatic N) is 2. The third-order valence-electron chi connectivity index (χ3n) is 4.62. The van der Waals surface area contributed by atoms with Gasteiger partial charge in [0.1, 0.15) is 11.6 Å². The molecule has 1 fully saturated rings. The average molecular weight is 445 g/mol. The fourth-order valence-electron chi connectivity index (χ4n) is 3.03. The molecule has 0 unspecified atom stereocenters. The Morgan fingerprint density at radius 1 is 1.00 bits per heavy atom. The molecule has 1 aliphatic rings. The Hall–Kier alpha value is -1.67. The zero-order chi connectivity index (χ0) is 20.3. The third kappa shape index (κ3) is 5.23. The zero-order valence-electron chi connectivity index (χ0n) is 14.9. The second kappa shape index (κ2) is 8.78. The number of benzene rings is 2. The molecule has 5 nitrogen and oxygen atoms in total. The smallest absolute Gasteiger partial charge is 0.238 e. The Kier molecular flexibility index (Phi) is 6.60. The van der Waals surface area contributed by atoms with Crippen molar-refractivity contribution in [3.05, 3.63) is 63.9 Å². The molecule has 0 atom stereocenters. The van der Waals surface area contributed by atoms with Crippen LogP contribution < -0.4 is 0 Å². The van der Waals surface area contributed by atoms with E-state index in [1.54, 1.807) is 11.0 Å². The Labute approximate surface area is 173 Å². The quantitative estimate of drug-likeness (QED) is 0.709. The summed E-state index contributed by atoms with van der Waals surface area (Å²) in [6, 6.07) is 10.1. The maximum atomic E-state index is 13.1. The lowest BCUT2D eigenvalue weighted by Crippen LogP contribution is -2.49. The van der Waals surface area contributed by atoms with E-state index in [-0.39, 0.29) is 10.7 Å². The van der Waals surface area contributed by atoms with Gasteiger partial charge in [-0.1, -0.05) is 29.3 Å². The molecule has 0 N–H and O–H groups in total. The normalized spacial score (nSPS) is 15.6. The second-order valence-electron chi connectivity index (χ2n) is 6.61. The van der Waals surface area contributed by atoms with Gasteiger partial charge in [-0.2, -0.15) is 0 Å². The van der Waals surface area contributed by atoms with Gasteiger partial charge in [-0.25, -0.2) is 12.8 Å². The van der Waals surface area contributed by atoms with Crippen LogP contribution in [0.15, 0.2) is 47.4 Å². The Balaban J connectivity index is 1.55. The van der Waals surface area contributed by atoms with Crippen LogP contribution in [0.2, 0.25) is 10.0 Å². The molecule has 28 heavy (non-hydrogen) atoms. The van der Waals surface area contributed by atoms with Gasteiger partial charge in [0.2, 0.25) is 5.91 Å². The van der Waals surface area contributed by atoms with Gasteiger partial charge in [-0.3, -0.25) is 9.69 Å². The van der Waals surface area contributed by atoms with E-state index in [1.165, 1.54) is 36.4 Å². The van der Waals surface area contributed by atoms with E-state index in [1.807, 2.05) is 0 Å². The van der Waals surface area contributed by atoms with Gasteiger partial charge in [0.25, 0.3) is 0 Å². The molecule has 0 aromatic heterocycles.